The Hall–Kier alpha value is -2.48. The Labute approximate surface area is 125 Å². The molecule has 0 radical (unpaired) electrons. The maximum atomic E-state index is 11.8. The molecule has 2 heterocycles. The molecule has 3 N–H and O–H groups in total. The minimum absolute atomic E-state index is 0.0336. The van der Waals surface area contributed by atoms with Crippen LogP contribution in [-0.2, 0) is 16.1 Å². The van der Waals surface area contributed by atoms with Crippen LogP contribution in [0.2, 0.25) is 0 Å². The summed E-state index contributed by atoms with van der Waals surface area (Å²) >= 11 is 1.53. The number of rotatable bonds is 5. The molecule has 8 heteroatoms. The van der Waals surface area contributed by atoms with Gasteiger partial charge in [-0.3, -0.25) is 4.79 Å². The van der Waals surface area contributed by atoms with Crippen LogP contribution in [0.3, 0.4) is 0 Å². The zero-order valence-corrected chi connectivity index (χ0v) is 12.1. The molecule has 0 bridgehead atoms. The summed E-state index contributed by atoms with van der Waals surface area (Å²) in [5.41, 5.74) is 5.42. The predicted octanol–water partition coefficient (Wildman–Crippen LogP) is 0.982. The number of nitrogens with one attached hydrogen (secondary N) is 1. The second-order valence-electron chi connectivity index (χ2n) is 4.13. The first-order chi connectivity index (χ1) is 10.1. The van der Waals surface area contributed by atoms with Gasteiger partial charge in [-0.2, -0.15) is 0 Å². The predicted molar refractivity (Wildman–Crippen MR) is 77.5 cm³/mol. The summed E-state index contributed by atoms with van der Waals surface area (Å²) in [7, 11) is 0. The van der Waals surface area contributed by atoms with E-state index in [1.807, 2.05) is 17.5 Å². The van der Waals surface area contributed by atoms with Crippen molar-refractivity contribution >= 4 is 29.0 Å². The van der Waals surface area contributed by atoms with Gasteiger partial charge in [-0.15, -0.1) is 11.3 Å². The van der Waals surface area contributed by atoms with Gasteiger partial charge in [0.1, 0.15) is 0 Å². The van der Waals surface area contributed by atoms with E-state index in [0.717, 1.165) is 4.88 Å². The highest BCUT2D eigenvalue weighted by molar-refractivity contribution is 7.09. The first-order valence-corrected chi connectivity index (χ1v) is 7.03. The van der Waals surface area contributed by atoms with Crippen LogP contribution in [-0.4, -0.2) is 27.9 Å². The van der Waals surface area contributed by atoms with E-state index in [1.165, 1.54) is 30.7 Å². The topological polar surface area (TPSA) is 107 Å². The number of aromatic nitrogens is 2. The van der Waals surface area contributed by atoms with E-state index >= 15 is 0 Å². The number of hydrogen-bond donors (Lipinski definition) is 2. The number of amides is 1. The highest BCUT2D eigenvalue weighted by Crippen LogP contribution is 2.09. The fraction of sp³-hybridized carbons (Fsp3) is 0.231. The average Bonchev–Trinajstić information content (AvgIpc) is 2.98. The van der Waals surface area contributed by atoms with Gasteiger partial charge in [-0.25, -0.2) is 14.8 Å². The fourth-order valence-electron chi connectivity index (χ4n) is 1.51. The third kappa shape index (κ3) is 3.99. The monoisotopic (exact) mass is 306 g/mol. The number of nitrogens with zero attached hydrogens (tertiary/aromatic N) is 2. The summed E-state index contributed by atoms with van der Waals surface area (Å²) in [5.74, 6) is -1.20. The van der Waals surface area contributed by atoms with Crippen LogP contribution >= 0.6 is 11.3 Å². The van der Waals surface area contributed by atoms with Crippen molar-refractivity contribution in [2.75, 3.05) is 5.73 Å². The first kappa shape index (κ1) is 14.9. The lowest BCUT2D eigenvalue weighted by atomic mass is 10.3. The smallest absolute Gasteiger partial charge is 0.361 e. The Kier molecular flexibility index (Phi) is 4.83. The quantitative estimate of drug-likeness (QED) is 0.797. The molecule has 2 aromatic rings. The highest BCUT2D eigenvalue weighted by Gasteiger charge is 2.21. The standard InChI is InChI=1S/C13H14N4O3S/c1-8(12(18)17-7-9-3-2-6-21-9)20-13(19)10-11(14)16-5-4-15-10/h2-6,8H,7H2,1H3,(H2,14,16)(H,17,18). The number of nitrogens with two attached hydrogens (primary N) is 1. The van der Waals surface area contributed by atoms with Gasteiger partial charge in [-0.05, 0) is 18.4 Å². The van der Waals surface area contributed by atoms with Crippen LogP contribution in [0.1, 0.15) is 22.3 Å². The summed E-state index contributed by atoms with van der Waals surface area (Å²) in [6.45, 7) is 1.87. The number of esters is 1. The van der Waals surface area contributed by atoms with Crippen LogP contribution in [0.15, 0.2) is 29.9 Å². The molecule has 1 unspecified atom stereocenters. The fourth-order valence-corrected chi connectivity index (χ4v) is 2.15. The van der Waals surface area contributed by atoms with Crippen molar-refractivity contribution in [2.24, 2.45) is 0 Å². The highest BCUT2D eigenvalue weighted by atomic mass is 32.1. The lowest BCUT2D eigenvalue weighted by Crippen LogP contribution is -2.35. The largest absolute Gasteiger partial charge is 0.448 e. The van der Waals surface area contributed by atoms with E-state index < -0.39 is 12.1 Å². The van der Waals surface area contributed by atoms with Gasteiger partial charge < -0.3 is 15.8 Å². The maximum Gasteiger partial charge on any atom is 0.361 e. The third-order valence-electron chi connectivity index (χ3n) is 2.59. The Morgan fingerprint density at radius 3 is 2.86 bits per heavy atom. The summed E-state index contributed by atoms with van der Waals surface area (Å²) in [6.07, 6.45) is 1.75. The average molecular weight is 306 g/mol. The molecule has 0 aliphatic rings. The molecule has 0 spiro atoms. The molecule has 110 valence electrons. The van der Waals surface area contributed by atoms with Gasteiger partial charge in [-0.1, -0.05) is 6.07 Å². The molecule has 2 rings (SSSR count). The number of hydrogen-bond acceptors (Lipinski definition) is 7. The Balaban J connectivity index is 1.88. The number of nitrogen functional groups attached to an aromatic ring is 1. The first-order valence-electron chi connectivity index (χ1n) is 6.15. The van der Waals surface area contributed by atoms with E-state index in [1.54, 1.807) is 0 Å². The SMILES string of the molecule is CC(OC(=O)c1nccnc1N)C(=O)NCc1cccs1. The molecule has 0 fully saturated rings. The lowest BCUT2D eigenvalue weighted by Gasteiger charge is -2.13. The third-order valence-corrected chi connectivity index (χ3v) is 3.47. The molecular formula is C13H14N4O3S. The zero-order chi connectivity index (χ0) is 15.2. The molecule has 0 aromatic carbocycles. The molecule has 21 heavy (non-hydrogen) atoms. The van der Waals surface area contributed by atoms with Gasteiger partial charge >= 0.3 is 5.97 Å². The van der Waals surface area contributed by atoms with Crippen LogP contribution in [0.4, 0.5) is 5.82 Å². The van der Waals surface area contributed by atoms with Gasteiger partial charge in [0, 0.05) is 17.3 Å². The van der Waals surface area contributed by atoms with Gasteiger partial charge in [0.05, 0.1) is 6.54 Å². The molecule has 1 atom stereocenters. The number of ether oxygens (including phenoxy) is 1. The number of thiophene rings is 1. The second-order valence-corrected chi connectivity index (χ2v) is 5.17. The van der Waals surface area contributed by atoms with E-state index in [-0.39, 0.29) is 17.4 Å². The zero-order valence-electron chi connectivity index (χ0n) is 11.3. The van der Waals surface area contributed by atoms with Crippen molar-refractivity contribution in [3.05, 3.63) is 40.5 Å². The lowest BCUT2D eigenvalue weighted by molar-refractivity contribution is -0.129. The Morgan fingerprint density at radius 1 is 1.43 bits per heavy atom. The van der Waals surface area contributed by atoms with E-state index in [4.69, 9.17) is 10.5 Å². The van der Waals surface area contributed by atoms with Gasteiger partial charge in [0.2, 0.25) is 0 Å². The maximum absolute atomic E-state index is 11.8. The molecule has 0 aliphatic carbocycles. The van der Waals surface area contributed by atoms with Crippen LogP contribution < -0.4 is 11.1 Å². The van der Waals surface area contributed by atoms with Crippen molar-refractivity contribution in [2.45, 2.75) is 19.6 Å². The Bertz CT molecular complexity index is 630. The van der Waals surface area contributed by atoms with Gasteiger partial charge in [0.25, 0.3) is 5.91 Å². The summed E-state index contributed by atoms with van der Waals surface area (Å²) in [6, 6.07) is 3.80. The summed E-state index contributed by atoms with van der Waals surface area (Å²) in [4.78, 5) is 32.2. The van der Waals surface area contributed by atoms with Crippen LogP contribution in [0, 0.1) is 0 Å². The van der Waals surface area contributed by atoms with E-state index in [2.05, 4.69) is 15.3 Å². The molecule has 0 aliphatic heterocycles. The van der Waals surface area contributed by atoms with Crippen molar-refractivity contribution in [3.8, 4) is 0 Å². The van der Waals surface area contributed by atoms with Gasteiger partial charge in [0.15, 0.2) is 17.6 Å². The normalized spacial score (nSPS) is 11.7. The van der Waals surface area contributed by atoms with Crippen molar-refractivity contribution in [3.63, 3.8) is 0 Å². The summed E-state index contributed by atoms with van der Waals surface area (Å²) < 4.78 is 5.02. The van der Waals surface area contributed by atoms with Crippen molar-refractivity contribution < 1.29 is 14.3 Å². The molecule has 0 saturated carbocycles. The molecule has 2 aromatic heterocycles. The van der Waals surface area contributed by atoms with Crippen molar-refractivity contribution in [1.29, 1.82) is 0 Å². The molecule has 7 nitrogen and oxygen atoms in total. The van der Waals surface area contributed by atoms with Crippen LogP contribution in [0.25, 0.3) is 0 Å². The number of carbonyl (C=O) groups is 2. The summed E-state index contributed by atoms with van der Waals surface area (Å²) in [5, 5.41) is 4.60. The molecule has 0 saturated heterocycles. The number of carbonyl (C=O) groups excluding carboxylic acids is 2. The minimum atomic E-state index is -0.945. The van der Waals surface area contributed by atoms with E-state index in [0.29, 0.717) is 6.54 Å². The minimum Gasteiger partial charge on any atom is -0.448 e. The molecule has 1 amide bonds. The van der Waals surface area contributed by atoms with Crippen LogP contribution in [0.5, 0.6) is 0 Å². The Morgan fingerprint density at radius 2 is 2.19 bits per heavy atom. The van der Waals surface area contributed by atoms with E-state index in [9.17, 15) is 9.59 Å². The molecular weight excluding hydrogens is 292 g/mol. The number of anilines is 1. The van der Waals surface area contributed by atoms with Crippen molar-refractivity contribution in [1.82, 2.24) is 15.3 Å². The second kappa shape index (κ2) is 6.80.